The highest BCUT2D eigenvalue weighted by molar-refractivity contribution is 6.42. The van der Waals surface area contributed by atoms with E-state index >= 15 is 0 Å². The van der Waals surface area contributed by atoms with Crippen molar-refractivity contribution in [3.63, 3.8) is 0 Å². The number of nitriles is 1. The highest BCUT2D eigenvalue weighted by Gasteiger charge is 2.32. The molecular weight excluding hydrogens is 293 g/mol. The molecule has 0 N–H and O–H groups in total. The van der Waals surface area contributed by atoms with Crippen LogP contribution in [-0.2, 0) is 0 Å². The van der Waals surface area contributed by atoms with Gasteiger partial charge in [0.1, 0.15) is 6.04 Å². The van der Waals surface area contributed by atoms with Gasteiger partial charge in [-0.2, -0.15) is 5.26 Å². The van der Waals surface area contributed by atoms with Crippen LogP contribution in [0.15, 0.2) is 18.2 Å². The van der Waals surface area contributed by atoms with E-state index in [-0.39, 0.29) is 11.6 Å². The van der Waals surface area contributed by atoms with Crippen LogP contribution in [0, 0.1) is 11.3 Å². The van der Waals surface area contributed by atoms with Crippen molar-refractivity contribution in [2.75, 3.05) is 24.5 Å². The average molecular weight is 312 g/mol. The Labute approximate surface area is 130 Å². The molecule has 0 bridgehead atoms. The monoisotopic (exact) mass is 311 g/mol. The lowest BCUT2D eigenvalue weighted by atomic mass is 10.0. The van der Waals surface area contributed by atoms with Crippen LogP contribution in [0.25, 0.3) is 0 Å². The summed E-state index contributed by atoms with van der Waals surface area (Å²) in [6.45, 7) is 9.01. The zero-order valence-corrected chi connectivity index (χ0v) is 13.5. The molecule has 1 aromatic rings. The van der Waals surface area contributed by atoms with Gasteiger partial charge in [0.15, 0.2) is 0 Å². The quantitative estimate of drug-likeness (QED) is 0.790. The van der Waals surface area contributed by atoms with Crippen LogP contribution >= 0.6 is 23.2 Å². The summed E-state index contributed by atoms with van der Waals surface area (Å²) in [5.74, 6) is 0. The molecule has 1 aliphatic heterocycles. The molecule has 1 heterocycles. The fourth-order valence-electron chi connectivity index (χ4n) is 2.48. The van der Waals surface area contributed by atoms with Gasteiger partial charge in [-0.25, -0.2) is 0 Å². The molecular formula is C15H19Cl2N3. The van der Waals surface area contributed by atoms with Crippen molar-refractivity contribution >= 4 is 28.9 Å². The third kappa shape index (κ3) is 3.20. The fourth-order valence-corrected chi connectivity index (χ4v) is 2.77. The number of halogens is 2. The average Bonchev–Trinajstić information content (AvgIpc) is 2.40. The Morgan fingerprint density at radius 1 is 1.20 bits per heavy atom. The minimum absolute atomic E-state index is 0.0822. The van der Waals surface area contributed by atoms with E-state index in [0.717, 1.165) is 25.3 Å². The van der Waals surface area contributed by atoms with Crippen LogP contribution in [-0.4, -0.2) is 36.1 Å². The molecule has 20 heavy (non-hydrogen) atoms. The highest BCUT2D eigenvalue weighted by atomic mass is 35.5. The van der Waals surface area contributed by atoms with Gasteiger partial charge in [0, 0.05) is 30.9 Å². The Bertz CT molecular complexity index is 531. The van der Waals surface area contributed by atoms with Crippen molar-refractivity contribution in [1.29, 1.82) is 5.26 Å². The maximum atomic E-state index is 9.45. The Morgan fingerprint density at radius 3 is 2.45 bits per heavy atom. The van der Waals surface area contributed by atoms with Gasteiger partial charge in [-0.15, -0.1) is 0 Å². The number of rotatable bonds is 1. The molecule has 0 aliphatic carbocycles. The van der Waals surface area contributed by atoms with Crippen molar-refractivity contribution in [3.8, 4) is 6.07 Å². The van der Waals surface area contributed by atoms with Crippen LogP contribution in [0.2, 0.25) is 10.0 Å². The van der Waals surface area contributed by atoms with E-state index in [2.05, 4.69) is 36.6 Å². The van der Waals surface area contributed by atoms with Crippen molar-refractivity contribution in [2.24, 2.45) is 0 Å². The van der Waals surface area contributed by atoms with Gasteiger partial charge >= 0.3 is 0 Å². The number of hydrogen-bond donors (Lipinski definition) is 0. The number of anilines is 1. The normalized spacial score (nSPS) is 20.8. The topological polar surface area (TPSA) is 30.3 Å². The summed E-state index contributed by atoms with van der Waals surface area (Å²) in [5, 5.41) is 10.5. The highest BCUT2D eigenvalue weighted by Crippen LogP contribution is 2.30. The molecule has 0 saturated carbocycles. The lowest BCUT2D eigenvalue weighted by Gasteiger charge is -2.45. The summed E-state index contributed by atoms with van der Waals surface area (Å²) in [4.78, 5) is 4.44. The van der Waals surface area contributed by atoms with Crippen LogP contribution in [0.5, 0.6) is 0 Å². The van der Waals surface area contributed by atoms with E-state index in [1.807, 2.05) is 12.1 Å². The standard InChI is InChI=1S/C15H19Cl2N3/c1-15(2,3)19-6-7-20(12(9-18)10-19)11-4-5-13(16)14(17)8-11/h4-5,8,12H,6-7,10H2,1-3H3. The molecule has 2 rings (SSSR count). The predicted molar refractivity (Wildman–Crippen MR) is 84.5 cm³/mol. The van der Waals surface area contributed by atoms with Gasteiger partial charge < -0.3 is 4.90 Å². The summed E-state index contributed by atoms with van der Waals surface area (Å²) in [6.07, 6.45) is 0. The van der Waals surface area contributed by atoms with Crippen molar-refractivity contribution < 1.29 is 0 Å². The molecule has 3 nitrogen and oxygen atoms in total. The molecule has 1 aromatic carbocycles. The lowest BCUT2D eigenvalue weighted by molar-refractivity contribution is 0.118. The van der Waals surface area contributed by atoms with Crippen LogP contribution in [0.4, 0.5) is 5.69 Å². The van der Waals surface area contributed by atoms with Crippen LogP contribution in [0.3, 0.4) is 0 Å². The van der Waals surface area contributed by atoms with E-state index in [9.17, 15) is 5.26 Å². The van der Waals surface area contributed by atoms with Gasteiger partial charge in [0.2, 0.25) is 0 Å². The van der Waals surface area contributed by atoms with E-state index in [4.69, 9.17) is 23.2 Å². The Balaban J connectivity index is 2.21. The molecule has 1 fully saturated rings. The summed E-state index contributed by atoms with van der Waals surface area (Å²) < 4.78 is 0. The fraction of sp³-hybridized carbons (Fsp3) is 0.533. The maximum absolute atomic E-state index is 9.45. The first kappa shape index (κ1) is 15.4. The van der Waals surface area contributed by atoms with Crippen LogP contribution < -0.4 is 4.90 Å². The number of hydrogen-bond acceptors (Lipinski definition) is 3. The minimum Gasteiger partial charge on any atom is -0.353 e. The Kier molecular flexibility index (Phi) is 4.49. The zero-order valence-electron chi connectivity index (χ0n) is 12.0. The third-order valence-electron chi connectivity index (χ3n) is 3.71. The number of piperazine rings is 1. The molecule has 5 heteroatoms. The Morgan fingerprint density at radius 2 is 1.90 bits per heavy atom. The molecule has 1 saturated heterocycles. The first-order valence-electron chi connectivity index (χ1n) is 6.69. The second-order valence-electron chi connectivity index (χ2n) is 6.05. The second kappa shape index (κ2) is 5.81. The minimum atomic E-state index is -0.166. The van der Waals surface area contributed by atoms with E-state index in [1.54, 1.807) is 6.07 Å². The Hall–Kier alpha value is -0.950. The third-order valence-corrected chi connectivity index (χ3v) is 4.45. The SMILES string of the molecule is CC(C)(C)N1CCN(c2ccc(Cl)c(Cl)c2)C(C#N)C1. The van der Waals surface area contributed by atoms with Gasteiger partial charge in [0.25, 0.3) is 0 Å². The van der Waals surface area contributed by atoms with Gasteiger partial charge in [-0.3, -0.25) is 4.90 Å². The maximum Gasteiger partial charge on any atom is 0.129 e. The van der Waals surface area contributed by atoms with Crippen molar-refractivity contribution in [3.05, 3.63) is 28.2 Å². The van der Waals surface area contributed by atoms with E-state index < -0.39 is 0 Å². The zero-order chi connectivity index (χ0) is 14.9. The summed E-state index contributed by atoms with van der Waals surface area (Å²) in [6, 6.07) is 7.77. The lowest BCUT2D eigenvalue weighted by Crippen LogP contribution is -2.58. The molecule has 0 spiro atoms. The molecule has 1 aliphatic rings. The van der Waals surface area contributed by atoms with Gasteiger partial charge in [-0.05, 0) is 39.0 Å². The molecule has 0 amide bonds. The smallest absolute Gasteiger partial charge is 0.129 e. The van der Waals surface area contributed by atoms with Gasteiger partial charge in [0.05, 0.1) is 16.1 Å². The molecule has 1 atom stereocenters. The van der Waals surface area contributed by atoms with Crippen molar-refractivity contribution in [1.82, 2.24) is 4.90 Å². The first-order chi connectivity index (χ1) is 9.32. The summed E-state index contributed by atoms with van der Waals surface area (Å²) >= 11 is 12.0. The van der Waals surface area contributed by atoms with Crippen LogP contribution in [0.1, 0.15) is 20.8 Å². The molecule has 1 unspecified atom stereocenters. The summed E-state index contributed by atoms with van der Waals surface area (Å²) in [7, 11) is 0. The largest absolute Gasteiger partial charge is 0.353 e. The molecule has 0 aromatic heterocycles. The van der Waals surface area contributed by atoms with Gasteiger partial charge in [-0.1, -0.05) is 23.2 Å². The number of nitrogens with zero attached hydrogens (tertiary/aromatic N) is 3. The molecule has 108 valence electrons. The van der Waals surface area contributed by atoms with E-state index in [0.29, 0.717) is 10.0 Å². The summed E-state index contributed by atoms with van der Waals surface area (Å²) in [5.41, 5.74) is 1.04. The first-order valence-corrected chi connectivity index (χ1v) is 7.45. The van der Waals surface area contributed by atoms with Crippen molar-refractivity contribution in [2.45, 2.75) is 32.4 Å². The number of benzene rings is 1. The molecule has 0 radical (unpaired) electrons. The second-order valence-corrected chi connectivity index (χ2v) is 6.87. The predicted octanol–water partition coefficient (Wildman–Crippen LogP) is 3.81. The van der Waals surface area contributed by atoms with E-state index in [1.165, 1.54) is 0 Å².